The number of aromatic nitrogens is 1. The molecule has 1 aliphatic carbocycles. The molecular weight excluding hydrogens is 210 g/mol. The molecule has 2 rings (SSSR count). The Kier molecular flexibility index (Phi) is 3.87. The van der Waals surface area contributed by atoms with Crippen molar-refractivity contribution in [3.8, 4) is 0 Å². The van der Waals surface area contributed by atoms with Gasteiger partial charge in [0.2, 0.25) is 0 Å². The Bertz CT molecular complexity index is 358. The van der Waals surface area contributed by atoms with Crippen LogP contribution in [0.3, 0.4) is 0 Å². The number of anilines is 2. The van der Waals surface area contributed by atoms with Crippen molar-refractivity contribution in [1.82, 2.24) is 4.98 Å². The van der Waals surface area contributed by atoms with E-state index in [1.165, 1.54) is 25.1 Å². The van der Waals surface area contributed by atoms with Crippen LogP contribution >= 0.6 is 0 Å². The van der Waals surface area contributed by atoms with Crippen molar-refractivity contribution in [3.05, 3.63) is 18.3 Å². The van der Waals surface area contributed by atoms with E-state index in [0.717, 1.165) is 18.3 Å². The number of hydrogen-bond donors (Lipinski definition) is 1. The first kappa shape index (κ1) is 12.2. The highest BCUT2D eigenvalue weighted by molar-refractivity contribution is 5.54. The van der Waals surface area contributed by atoms with Gasteiger partial charge in [-0.1, -0.05) is 0 Å². The first-order valence-electron chi connectivity index (χ1n) is 6.67. The normalized spacial score (nSPS) is 15.1. The number of rotatable bonds is 6. The van der Waals surface area contributed by atoms with Crippen LogP contribution < -0.4 is 10.2 Å². The molecule has 0 unspecified atom stereocenters. The minimum Gasteiger partial charge on any atom is -0.370 e. The van der Waals surface area contributed by atoms with Crippen molar-refractivity contribution in [2.24, 2.45) is 5.92 Å². The lowest BCUT2D eigenvalue weighted by atomic mass is 10.2. The van der Waals surface area contributed by atoms with Gasteiger partial charge in [-0.15, -0.1) is 0 Å². The molecule has 0 spiro atoms. The Balaban J connectivity index is 2.12. The van der Waals surface area contributed by atoms with Crippen molar-refractivity contribution >= 4 is 11.5 Å². The molecule has 1 aromatic heterocycles. The van der Waals surface area contributed by atoms with Gasteiger partial charge >= 0.3 is 0 Å². The maximum Gasteiger partial charge on any atom is 0.127 e. The van der Waals surface area contributed by atoms with E-state index in [9.17, 15) is 0 Å². The molecule has 1 aromatic rings. The molecule has 0 amide bonds. The number of pyridine rings is 1. The maximum absolute atomic E-state index is 4.33. The highest BCUT2D eigenvalue weighted by Gasteiger charge is 2.25. The number of hydrogen-bond acceptors (Lipinski definition) is 3. The minimum absolute atomic E-state index is 0.549. The summed E-state index contributed by atoms with van der Waals surface area (Å²) in [4.78, 5) is 6.81. The highest BCUT2D eigenvalue weighted by atomic mass is 15.2. The second-order valence-corrected chi connectivity index (χ2v) is 5.12. The molecule has 0 saturated heterocycles. The molecule has 1 heterocycles. The van der Waals surface area contributed by atoms with Gasteiger partial charge in [-0.3, -0.25) is 0 Å². The lowest BCUT2D eigenvalue weighted by Crippen LogP contribution is -2.32. The molecule has 1 fully saturated rings. The van der Waals surface area contributed by atoms with Crippen molar-refractivity contribution in [3.63, 3.8) is 0 Å². The maximum atomic E-state index is 4.33. The molecule has 0 aliphatic heterocycles. The van der Waals surface area contributed by atoms with E-state index in [1.54, 1.807) is 0 Å². The SMILES string of the molecule is CCNc1cc(N(CC2CC2)C(C)C)ccn1. The third-order valence-electron chi connectivity index (χ3n) is 3.21. The summed E-state index contributed by atoms with van der Waals surface area (Å²) in [6, 6.07) is 4.82. The smallest absolute Gasteiger partial charge is 0.127 e. The third kappa shape index (κ3) is 3.35. The Hall–Kier alpha value is -1.25. The highest BCUT2D eigenvalue weighted by Crippen LogP contribution is 2.32. The van der Waals surface area contributed by atoms with Crippen molar-refractivity contribution in [2.45, 2.75) is 39.7 Å². The number of nitrogens with zero attached hydrogens (tertiary/aromatic N) is 2. The largest absolute Gasteiger partial charge is 0.370 e. The van der Waals surface area contributed by atoms with Gasteiger partial charge in [-0.25, -0.2) is 4.98 Å². The Labute approximate surface area is 104 Å². The van der Waals surface area contributed by atoms with Crippen molar-refractivity contribution < 1.29 is 0 Å². The fourth-order valence-electron chi connectivity index (χ4n) is 2.07. The average molecular weight is 233 g/mol. The van der Waals surface area contributed by atoms with Crippen LogP contribution in [0.5, 0.6) is 0 Å². The molecule has 17 heavy (non-hydrogen) atoms. The molecule has 0 atom stereocenters. The van der Waals surface area contributed by atoms with Gasteiger partial charge in [0.1, 0.15) is 5.82 Å². The molecule has 1 N–H and O–H groups in total. The first-order valence-corrected chi connectivity index (χ1v) is 6.67. The van der Waals surface area contributed by atoms with E-state index < -0.39 is 0 Å². The molecular formula is C14H23N3. The van der Waals surface area contributed by atoms with E-state index >= 15 is 0 Å². The summed E-state index contributed by atoms with van der Waals surface area (Å²) >= 11 is 0. The predicted molar refractivity (Wildman–Crippen MR) is 73.6 cm³/mol. The van der Waals surface area contributed by atoms with Crippen LogP contribution in [0, 0.1) is 5.92 Å². The molecule has 1 saturated carbocycles. The van der Waals surface area contributed by atoms with Gasteiger partial charge in [0.25, 0.3) is 0 Å². The van der Waals surface area contributed by atoms with Gasteiger partial charge < -0.3 is 10.2 Å². The molecule has 3 heteroatoms. The molecule has 0 radical (unpaired) electrons. The van der Waals surface area contributed by atoms with E-state index in [0.29, 0.717) is 6.04 Å². The summed E-state index contributed by atoms with van der Waals surface area (Å²) in [5.41, 5.74) is 1.29. The van der Waals surface area contributed by atoms with Crippen molar-refractivity contribution in [2.75, 3.05) is 23.3 Å². The standard InChI is InChI=1S/C14H23N3/c1-4-15-14-9-13(7-8-16-14)17(11(2)3)10-12-5-6-12/h7-9,11-12H,4-6,10H2,1-3H3,(H,15,16). The van der Waals surface area contributed by atoms with E-state index in [1.807, 2.05) is 6.20 Å². The zero-order valence-corrected chi connectivity index (χ0v) is 11.1. The average Bonchev–Trinajstić information content (AvgIpc) is 3.10. The van der Waals surface area contributed by atoms with E-state index in [-0.39, 0.29) is 0 Å². The minimum atomic E-state index is 0.549. The van der Waals surface area contributed by atoms with E-state index in [4.69, 9.17) is 0 Å². The summed E-state index contributed by atoms with van der Waals surface area (Å²) in [5, 5.41) is 3.27. The lowest BCUT2D eigenvalue weighted by Gasteiger charge is -2.29. The lowest BCUT2D eigenvalue weighted by molar-refractivity contribution is 0.644. The van der Waals surface area contributed by atoms with Crippen LogP contribution in [0.1, 0.15) is 33.6 Å². The fraction of sp³-hybridized carbons (Fsp3) is 0.643. The Morgan fingerprint density at radius 1 is 1.47 bits per heavy atom. The van der Waals surface area contributed by atoms with Gasteiger partial charge in [0, 0.05) is 37.1 Å². The topological polar surface area (TPSA) is 28.2 Å². The van der Waals surface area contributed by atoms with E-state index in [2.05, 4.69) is 48.1 Å². The Morgan fingerprint density at radius 3 is 2.82 bits per heavy atom. The first-order chi connectivity index (χ1) is 8.20. The quantitative estimate of drug-likeness (QED) is 0.818. The third-order valence-corrected chi connectivity index (χ3v) is 3.21. The summed E-state index contributed by atoms with van der Waals surface area (Å²) in [7, 11) is 0. The number of nitrogens with one attached hydrogen (secondary N) is 1. The predicted octanol–water partition coefficient (Wildman–Crippen LogP) is 3.14. The summed E-state index contributed by atoms with van der Waals surface area (Å²) in [6.07, 6.45) is 4.69. The summed E-state index contributed by atoms with van der Waals surface area (Å²) < 4.78 is 0. The van der Waals surface area contributed by atoms with Crippen LogP contribution in [0.4, 0.5) is 11.5 Å². The zero-order chi connectivity index (χ0) is 12.3. The van der Waals surface area contributed by atoms with Crippen LogP contribution in [0.25, 0.3) is 0 Å². The molecule has 0 aromatic carbocycles. The monoisotopic (exact) mass is 233 g/mol. The van der Waals surface area contributed by atoms with Gasteiger partial charge in [-0.05, 0) is 45.6 Å². The van der Waals surface area contributed by atoms with Crippen LogP contribution in [-0.4, -0.2) is 24.1 Å². The molecule has 0 bridgehead atoms. The molecule has 3 nitrogen and oxygen atoms in total. The molecule has 94 valence electrons. The zero-order valence-electron chi connectivity index (χ0n) is 11.1. The Morgan fingerprint density at radius 2 is 2.24 bits per heavy atom. The summed E-state index contributed by atoms with van der Waals surface area (Å²) in [5.74, 6) is 1.89. The summed E-state index contributed by atoms with van der Waals surface area (Å²) in [6.45, 7) is 8.72. The van der Waals surface area contributed by atoms with Gasteiger partial charge in [0.15, 0.2) is 0 Å². The molecule has 1 aliphatic rings. The second-order valence-electron chi connectivity index (χ2n) is 5.12. The van der Waals surface area contributed by atoms with Crippen LogP contribution in [0.2, 0.25) is 0 Å². The second kappa shape index (κ2) is 5.39. The van der Waals surface area contributed by atoms with Gasteiger partial charge in [0.05, 0.1) is 0 Å². The van der Waals surface area contributed by atoms with Crippen LogP contribution in [0.15, 0.2) is 18.3 Å². The van der Waals surface area contributed by atoms with Gasteiger partial charge in [-0.2, -0.15) is 0 Å². The fourth-order valence-corrected chi connectivity index (χ4v) is 2.07. The van der Waals surface area contributed by atoms with Crippen LogP contribution in [-0.2, 0) is 0 Å². The van der Waals surface area contributed by atoms with Crippen molar-refractivity contribution in [1.29, 1.82) is 0 Å².